The Morgan fingerprint density at radius 2 is 2.23 bits per heavy atom. The van der Waals surface area contributed by atoms with Gasteiger partial charge in [0.25, 0.3) is 0 Å². The minimum atomic E-state index is -2.12. The van der Waals surface area contributed by atoms with Gasteiger partial charge in [0.15, 0.2) is 0 Å². The van der Waals surface area contributed by atoms with Crippen molar-refractivity contribution in [1.29, 1.82) is 0 Å². The fraction of sp³-hybridized carbons (Fsp3) is 0.300. The fourth-order valence-corrected chi connectivity index (χ4v) is 1.73. The number of hydrogen-bond donors (Lipinski definition) is 0. The van der Waals surface area contributed by atoms with Crippen LogP contribution in [0.4, 0.5) is 0 Å². The van der Waals surface area contributed by atoms with Crippen molar-refractivity contribution >= 4 is 15.4 Å². The van der Waals surface area contributed by atoms with E-state index in [9.17, 15) is 4.21 Å². The first-order valence-corrected chi connectivity index (χ1v) is 6.22. The van der Waals surface area contributed by atoms with E-state index in [-0.39, 0.29) is 0 Å². The molecule has 0 aliphatic rings. The zero-order valence-corrected chi connectivity index (χ0v) is 8.76. The molecule has 0 aromatic heterocycles. The average molecular weight is 198 g/mol. The molecule has 0 heterocycles. The monoisotopic (exact) mass is 198 g/mol. The summed E-state index contributed by atoms with van der Waals surface area (Å²) < 4.78 is 16.9. The lowest BCUT2D eigenvalue weighted by Gasteiger charge is -2.06. The highest BCUT2D eigenvalue weighted by Crippen LogP contribution is 2.16. The third-order valence-corrected chi connectivity index (χ3v) is 2.87. The first-order valence-electron chi connectivity index (χ1n) is 4.09. The van der Waals surface area contributed by atoms with Crippen molar-refractivity contribution < 1.29 is 8.95 Å². The molecule has 1 aromatic carbocycles. The summed E-state index contributed by atoms with van der Waals surface area (Å²) in [7, 11) is -2.12. The van der Waals surface area contributed by atoms with Crippen LogP contribution in [-0.4, -0.2) is 22.9 Å². The highest BCUT2D eigenvalue weighted by atomic mass is 32.2. The van der Waals surface area contributed by atoms with Crippen LogP contribution < -0.4 is 4.74 Å². The van der Waals surface area contributed by atoms with Gasteiger partial charge in [-0.25, -0.2) is 0 Å². The summed E-state index contributed by atoms with van der Waals surface area (Å²) in [6.07, 6.45) is 1.62. The molecular formula is C10H14O2S. The Morgan fingerprint density at radius 1 is 1.54 bits per heavy atom. The lowest BCUT2D eigenvalue weighted by molar-refractivity contribution is 0.339. The third-order valence-electron chi connectivity index (χ3n) is 1.62. The summed E-state index contributed by atoms with van der Waals surface area (Å²) in [6, 6.07) is 7.25. The van der Waals surface area contributed by atoms with Crippen molar-refractivity contribution in [2.75, 3.05) is 12.9 Å². The van der Waals surface area contributed by atoms with E-state index in [1.807, 2.05) is 19.1 Å². The second-order valence-corrected chi connectivity index (χ2v) is 5.39. The number of ether oxygens (including phenoxy) is 1. The Balaban J connectivity index is 3.06. The first kappa shape index (κ1) is 10.1. The van der Waals surface area contributed by atoms with Gasteiger partial charge < -0.3 is 4.74 Å². The van der Waals surface area contributed by atoms with Gasteiger partial charge in [0, 0.05) is 11.2 Å². The molecule has 0 N–H and O–H groups in total. The van der Waals surface area contributed by atoms with E-state index in [1.54, 1.807) is 18.4 Å². The second-order valence-electron chi connectivity index (χ2n) is 2.91. The van der Waals surface area contributed by atoms with Crippen LogP contribution in [-0.2, 0) is 9.52 Å². The summed E-state index contributed by atoms with van der Waals surface area (Å²) in [5.74, 6) is 4.36. The summed E-state index contributed by atoms with van der Waals surface area (Å²) in [6.45, 7) is 2.53. The SMILES string of the molecule is C=S(C)(=O)c1cccc(OCC)c1. The van der Waals surface area contributed by atoms with Crippen molar-refractivity contribution in [1.82, 2.24) is 0 Å². The van der Waals surface area contributed by atoms with E-state index in [0.717, 1.165) is 10.6 Å². The largest absolute Gasteiger partial charge is 0.494 e. The molecule has 1 rings (SSSR count). The zero-order valence-electron chi connectivity index (χ0n) is 7.95. The number of benzene rings is 1. The van der Waals surface area contributed by atoms with Gasteiger partial charge >= 0.3 is 0 Å². The molecule has 0 aliphatic carbocycles. The Labute approximate surface area is 79.6 Å². The molecule has 0 radical (unpaired) electrons. The molecular weight excluding hydrogens is 184 g/mol. The minimum absolute atomic E-state index is 0.617. The quantitative estimate of drug-likeness (QED) is 0.692. The van der Waals surface area contributed by atoms with Gasteiger partial charge in [-0.1, -0.05) is 6.07 Å². The van der Waals surface area contributed by atoms with Gasteiger partial charge in [0.2, 0.25) is 0 Å². The molecule has 0 bridgehead atoms. The molecule has 1 unspecified atom stereocenters. The van der Waals surface area contributed by atoms with Crippen LogP contribution in [0.5, 0.6) is 5.75 Å². The standard InChI is InChI=1S/C10H14O2S/c1-4-12-9-6-5-7-10(8-9)13(2,3)11/h5-8H,2,4H2,1,3H3. The topological polar surface area (TPSA) is 26.3 Å². The van der Waals surface area contributed by atoms with Crippen LogP contribution >= 0.6 is 0 Å². The molecule has 1 atom stereocenters. The highest BCUT2D eigenvalue weighted by molar-refractivity contribution is 7.99. The van der Waals surface area contributed by atoms with Gasteiger partial charge in [0.05, 0.1) is 6.61 Å². The summed E-state index contributed by atoms with van der Waals surface area (Å²) in [5, 5.41) is 0. The van der Waals surface area contributed by atoms with Crippen molar-refractivity contribution in [3.8, 4) is 5.75 Å². The van der Waals surface area contributed by atoms with E-state index >= 15 is 0 Å². The van der Waals surface area contributed by atoms with E-state index < -0.39 is 9.52 Å². The average Bonchev–Trinajstić information content (AvgIpc) is 2.04. The molecule has 1 aromatic rings. The van der Waals surface area contributed by atoms with E-state index in [1.165, 1.54) is 0 Å². The second kappa shape index (κ2) is 3.83. The van der Waals surface area contributed by atoms with Crippen molar-refractivity contribution in [2.24, 2.45) is 0 Å². The normalized spacial score (nSPS) is 14.9. The van der Waals surface area contributed by atoms with Crippen LogP contribution in [0.15, 0.2) is 29.2 Å². The number of hydrogen-bond acceptors (Lipinski definition) is 2. The van der Waals surface area contributed by atoms with E-state index in [4.69, 9.17) is 4.74 Å². The van der Waals surface area contributed by atoms with E-state index in [0.29, 0.717) is 6.61 Å². The molecule has 2 nitrogen and oxygen atoms in total. The van der Waals surface area contributed by atoms with Gasteiger partial charge in [-0.2, -0.15) is 0 Å². The molecule has 0 aliphatic heterocycles. The smallest absolute Gasteiger partial charge is 0.120 e. The van der Waals surface area contributed by atoms with Crippen LogP contribution in [0.1, 0.15) is 6.92 Å². The predicted octanol–water partition coefficient (Wildman–Crippen LogP) is 1.79. The Bertz CT molecular complexity index is 380. The fourth-order valence-electron chi connectivity index (χ4n) is 0.999. The maximum absolute atomic E-state index is 11.6. The third kappa shape index (κ3) is 2.77. The molecule has 3 heteroatoms. The number of rotatable bonds is 3. The highest BCUT2D eigenvalue weighted by Gasteiger charge is 2.01. The molecule has 0 amide bonds. The van der Waals surface area contributed by atoms with Crippen LogP contribution in [0.2, 0.25) is 0 Å². The maximum atomic E-state index is 11.6. The molecule has 0 fully saturated rings. The maximum Gasteiger partial charge on any atom is 0.120 e. The predicted molar refractivity (Wildman–Crippen MR) is 57.1 cm³/mol. The van der Waals surface area contributed by atoms with Crippen molar-refractivity contribution in [3.63, 3.8) is 0 Å². The molecule has 0 saturated carbocycles. The zero-order chi connectivity index (χ0) is 9.90. The molecule has 13 heavy (non-hydrogen) atoms. The molecule has 72 valence electrons. The summed E-state index contributed by atoms with van der Waals surface area (Å²) in [4.78, 5) is 0.735. The lowest BCUT2D eigenvalue weighted by atomic mass is 10.3. The van der Waals surface area contributed by atoms with Crippen LogP contribution in [0.3, 0.4) is 0 Å². The Hall–Kier alpha value is -0.960. The lowest BCUT2D eigenvalue weighted by Crippen LogP contribution is -1.98. The first-order chi connectivity index (χ1) is 6.04. The molecule has 0 spiro atoms. The minimum Gasteiger partial charge on any atom is -0.494 e. The van der Waals surface area contributed by atoms with Crippen molar-refractivity contribution in [3.05, 3.63) is 24.3 Å². The summed E-state index contributed by atoms with van der Waals surface area (Å²) in [5.41, 5.74) is 0. The van der Waals surface area contributed by atoms with Gasteiger partial charge in [-0.05, 0) is 40.5 Å². The van der Waals surface area contributed by atoms with Gasteiger partial charge in [-0.3, -0.25) is 4.21 Å². The summed E-state index contributed by atoms with van der Waals surface area (Å²) >= 11 is 0. The Morgan fingerprint density at radius 3 is 2.77 bits per heavy atom. The van der Waals surface area contributed by atoms with Gasteiger partial charge in [-0.15, -0.1) is 0 Å². The van der Waals surface area contributed by atoms with Crippen LogP contribution in [0, 0.1) is 0 Å². The van der Waals surface area contributed by atoms with Crippen molar-refractivity contribution in [2.45, 2.75) is 11.8 Å². The van der Waals surface area contributed by atoms with E-state index in [2.05, 4.69) is 5.87 Å². The Kier molecular flexibility index (Phi) is 2.98. The van der Waals surface area contributed by atoms with Gasteiger partial charge in [0.1, 0.15) is 5.75 Å². The van der Waals surface area contributed by atoms with Crippen LogP contribution in [0.25, 0.3) is 0 Å². The molecule has 0 saturated heterocycles.